The lowest BCUT2D eigenvalue weighted by Gasteiger charge is -2.36. The van der Waals surface area contributed by atoms with E-state index in [0.717, 1.165) is 6.42 Å². The first kappa shape index (κ1) is 15.5. The summed E-state index contributed by atoms with van der Waals surface area (Å²) in [5.74, 6) is 0.436. The molecule has 3 heterocycles. The fourth-order valence-corrected chi connectivity index (χ4v) is 3.34. The van der Waals surface area contributed by atoms with Crippen LogP contribution in [0.2, 0.25) is 0 Å². The number of carbonyl (C=O) groups excluding carboxylic acids is 2. The van der Waals surface area contributed by atoms with Crippen molar-refractivity contribution in [3.05, 3.63) is 11.8 Å². The number of methoxy groups -OCH3 is 2. The van der Waals surface area contributed by atoms with E-state index in [9.17, 15) is 9.59 Å². The smallest absolute Gasteiger partial charge is 0.320 e. The Kier molecular flexibility index (Phi) is 4.06. The molecular formula is C15H20N4O4. The first-order chi connectivity index (χ1) is 11.0. The largest absolute Gasteiger partial charge is 0.481 e. The van der Waals surface area contributed by atoms with Crippen LogP contribution in [0.5, 0.6) is 11.9 Å². The minimum Gasteiger partial charge on any atom is -0.481 e. The molecule has 23 heavy (non-hydrogen) atoms. The molecular weight excluding hydrogens is 300 g/mol. The zero-order valence-corrected chi connectivity index (χ0v) is 13.5. The normalized spacial score (nSPS) is 23.7. The molecule has 0 aromatic carbocycles. The second kappa shape index (κ2) is 6.02. The van der Waals surface area contributed by atoms with Crippen LogP contribution in [-0.4, -0.2) is 72.0 Å². The maximum atomic E-state index is 12.7. The van der Waals surface area contributed by atoms with Gasteiger partial charge in [-0.05, 0) is 6.42 Å². The molecule has 2 aliphatic rings. The molecule has 2 saturated heterocycles. The Labute approximate surface area is 134 Å². The van der Waals surface area contributed by atoms with Crippen molar-refractivity contribution in [2.24, 2.45) is 5.92 Å². The van der Waals surface area contributed by atoms with E-state index in [0.29, 0.717) is 19.5 Å². The molecule has 2 fully saturated rings. The molecule has 3 rings (SSSR count). The van der Waals surface area contributed by atoms with Crippen molar-refractivity contribution in [3.8, 4) is 11.9 Å². The summed E-state index contributed by atoms with van der Waals surface area (Å²) in [7, 11) is 4.75. The van der Waals surface area contributed by atoms with Crippen LogP contribution in [0.25, 0.3) is 0 Å². The van der Waals surface area contributed by atoms with Gasteiger partial charge in [-0.15, -0.1) is 0 Å². The van der Waals surface area contributed by atoms with Crippen LogP contribution in [0, 0.1) is 5.92 Å². The molecule has 0 saturated carbocycles. The molecule has 0 N–H and O–H groups in total. The van der Waals surface area contributed by atoms with Crippen LogP contribution in [0.4, 0.5) is 0 Å². The number of piperidine rings is 1. The Balaban J connectivity index is 1.78. The molecule has 1 aromatic heterocycles. The van der Waals surface area contributed by atoms with Gasteiger partial charge in [0.05, 0.1) is 14.2 Å². The summed E-state index contributed by atoms with van der Waals surface area (Å²) in [6.45, 7) is 1.17. The molecule has 2 atom stereocenters. The number of likely N-dealkylation sites (tertiary alicyclic amines) is 2. The quantitative estimate of drug-likeness (QED) is 0.790. The molecule has 124 valence electrons. The van der Waals surface area contributed by atoms with E-state index in [4.69, 9.17) is 9.47 Å². The van der Waals surface area contributed by atoms with Crippen LogP contribution in [0.1, 0.15) is 23.3 Å². The van der Waals surface area contributed by atoms with Crippen molar-refractivity contribution in [1.82, 2.24) is 19.8 Å². The number of rotatable bonds is 3. The van der Waals surface area contributed by atoms with Gasteiger partial charge < -0.3 is 19.3 Å². The molecule has 0 radical (unpaired) electrons. The molecule has 8 nitrogen and oxygen atoms in total. The van der Waals surface area contributed by atoms with Crippen molar-refractivity contribution >= 4 is 11.8 Å². The fourth-order valence-electron chi connectivity index (χ4n) is 3.34. The number of fused-ring (bicyclic) bond motifs is 1. The minimum atomic E-state index is -0.190. The maximum absolute atomic E-state index is 12.7. The highest BCUT2D eigenvalue weighted by Gasteiger charge is 2.42. The second-order valence-electron chi connectivity index (χ2n) is 5.86. The Morgan fingerprint density at radius 1 is 1.30 bits per heavy atom. The molecule has 0 spiro atoms. The van der Waals surface area contributed by atoms with Crippen molar-refractivity contribution in [3.63, 3.8) is 0 Å². The van der Waals surface area contributed by atoms with Crippen LogP contribution < -0.4 is 9.47 Å². The Bertz CT molecular complexity index is 614. The lowest BCUT2D eigenvalue weighted by Crippen LogP contribution is -2.47. The number of ether oxygens (including phenoxy) is 2. The van der Waals surface area contributed by atoms with E-state index in [1.54, 1.807) is 4.90 Å². The lowest BCUT2D eigenvalue weighted by atomic mass is 9.92. The van der Waals surface area contributed by atoms with Gasteiger partial charge in [0, 0.05) is 44.6 Å². The number of hydrogen-bond acceptors (Lipinski definition) is 6. The van der Waals surface area contributed by atoms with E-state index < -0.39 is 0 Å². The number of hydrogen-bond donors (Lipinski definition) is 0. The summed E-state index contributed by atoms with van der Waals surface area (Å²) in [6, 6.07) is 1.84. The van der Waals surface area contributed by atoms with Crippen molar-refractivity contribution in [2.45, 2.75) is 18.9 Å². The minimum absolute atomic E-state index is 0.0957. The third kappa shape index (κ3) is 2.80. The SMILES string of the molecule is COc1cc(C(=O)N2CC[C@H]3[C@H](CC(=O)N3C)C2)nc(OC)n1. The predicted molar refractivity (Wildman–Crippen MR) is 80.3 cm³/mol. The van der Waals surface area contributed by atoms with Gasteiger partial charge >= 0.3 is 6.01 Å². The topological polar surface area (TPSA) is 84.9 Å². The van der Waals surface area contributed by atoms with Crippen molar-refractivity contribution in [2.75, 3.05) is 34.4 Å². The van der Waals surface area contributed by atoms with Gasteiger partial charge in [-0.1, -0.05) is 0 Å². The average Bonchev–Trinajstić information content (AvgIpc) is 2.87. The molecule has 0 unspecified atom stereocenters. The number of aromatic nitrogens is 2. The number of carbonyl (C=O) groups is 2. The predicted octanol–water partition coefficient (Wildman–Crippen LogP) is 0.187. The van der Waals surface area contributed by atoms with Gasteiger partial charge in [-0.3, -0.25) is 9.59 Å². The molecule has 2 aliphatic heterocycles. The van der Waals surface area contributed by atoms with Gasteiger partial charge in [0.15, 0.2) is 0 Å². The first-order valence-electron chi connectivity index (χ1n) is 7.55. The van der Waals surface area contributed by atoms with E-state index in [1.807, 2.05) is 11.9 Å². The molecule has 0 aliphatic carbocycles. The van der Waals surface area contributed by atoms with Crippen molar-refractivity contribution in [1.29, 1.82) is 0 Å². The van der Waals surface area contributed by atoms with Crippen molar-refractivity contribution < 1.29 is 19.1 Å². The van der Waals surface area contributed by atoms with Gasteiger partial charge in [-0.2, -0.15) is 9.97 Å². The highest BCUT2D eigenvalue weighted by atomic mass is 16.5. The highest BCUT2D eigenvalue weighted by molar-refractivity contribution is 5.93. The molecule has 1 aromatic rings. The first-order valence-corrected chi connectivity index (χ1v) is 7.55. The third-order valence-electron chi connectivity index (χ3n) is 4.60. The van der Waals surface area contributed by atoms with Crippen LogP contribution >= 0.6 is 0 Å². The number of amides is 2. The average molecular weight is 320 g/mol. The Morgan fingerprint density at radius 2 is 2.09 bits per heavy atom. The van der Waals surface area contributed by atoms with Gasteiger partial charge in [0.1, 0.15) is 5.69 Å². The summed E-state index contributed by atoms with van der Waals surface area (Å²) in [6.07, 6.45) is 1.29. The summed E-state index contributed by atoms with van der Waals surface area (Å²) < 4.78 is 10.1. The molecule has 2 amide bonds. The molecule has 8 heteroatoms. The number of nitrogens with zero attached hydrogens (tertiary/aromatic N) is 4. The van der Waals surface area contributed by atoms with Gasteiger partial charge in [0.25, 0.3) is 5.91 Å². The Hall–Kier alpha value is -2.38. The maximum Gasteiger partial charge on any atom is 0.320 e. The summed E-state index contributed by atoms with van der Waals surface area (Å²) in [5.41, 5.74) is 0.241. The Morgan fingerprint density at radius 3 is 2.78 bits per heavy atom. The van der Waals surface area contributed by atoms with Gasteiger partial charge in [0.2, 0.25) is 11.8 Å². The van der Waals surface area contributed by atoms with E-state index in [-0.39, 0.29) is 41.4 Å². The van der Waals surface area contributed by atoms with Crippen LogP contribution in [-0.2, 0) is 4.79 Å². The van der Waals surface area contributed by atoms with E-state index in [1.165, 1.54) is 20.3 Å². The van der Waals surface area contributed by atoms with Crippen LogP contribution in [0.15, 0.2) is 6.07 Å². The lowest BCUT2D eigenvalue weighted by molar-refractivity contribution is -0.127. The zero-order valence-electron chi connectivity index (χ0n) is 13.5. The zero-order chi connectivity index (χ0) is 16.6. The summed E-state index contributed by atoms with van der Waals surface area (Å²) in [5, 5.41) is 0. The second-order valence-corrected chi connectivity index (χ2v) is 5.86. The van der Waals surface area contributed by atoms with E-state index >= 15 is 0 Å². The highest BCUT2D eigenvalue weighted by Crippen LogP contribution is 2.31. The summed E-state index contributed by atoms with van der Waals surface area (Å²) >= 11 is 0. The van der Waals surface area contributed by atoms with E-state index in [2.05, 4.69) is 9.97 Å². The molecule has 0 bridgehead atoms. The monoisotopic (exact) mass is 320 g/mol. The fraction of sp³-hybridized carbons (Fsp3) is 0.600. The summed E-state index contributed by atoms with van der Waals surface area (Å²) in [4.78, 5) is 36.2. The van der Waals surface area contributed by atoms with Gasteiger partial charge in [-0.25, -0.2) is 0 Å². The van der Waals surface area contributed by atoms with Crippen LogP contribution in [0.3, 0.4) is 0 Å². The third-order valence-corrected chi connectivity index (χ3v) is 4.60. The standard InChI is InChI=1S/C15H20N4O4/c1-18-11-4-5-19(8-9(11)6-13(18)20)14(21)10-7-12(22-2)17-15(16-10)23-3/h7,9,11H,4-6,8H2,1-3H3/t9-,11+/m1/s1.